The first-order valence-corrected chi connectivity index (χ1v) is 9.49. The van der Waals surface area contributed by atoms with Gasteiger partial charge in [0.1, 0.15) is 11.2 Å². The van der Waals surface area contributed by atoms with E-state index in [0.29, 0.717) is 21.5 Å². The third kappa shape index (κ3) is 2.75. The average molecular weight is 444 g/mol. The minimum Gasteiger partial charge on any atom is -0.451 e. The molecule has 8 heteroatoms. The number of benzene rings is 4. The van der Waals surface area contributed by atoms with Gasteiger partial charge in [-0.05, 0) is 68.7 Å². The standard InChI is InChI=1S/C24H10F6O2/c25-23(26,27)21-9-13-5-17-11(7-19(13)31-21)1-3-15-16(17)4-2-12-8-20-14(6-18(12)15)10-22(32-20)24(28,29)30/h1-10H. The van der Waals surface area contributed by atoms with Gasteiger partial charge in [-0.1, -0.05) is 24.3 Å². The molecule has 0 saturated heterocycles. The van der Waals surface area contributed by atoms with E-state index in [0.717, 1.165) is 33.7 Å². The zero-order chi connectivity index (χ0) is 22.4. The van der Waals surface area contributed by atoms with Gasteiger partial charge < -0.3 is 8.83 Å². The van der Waals surface area contributed by atoms with Crippen LogP contribution < -0.4 is 0 Å². The maximum absolute atomic E-state index is 13.0. The lowest BCUT2D eigenvalue weighted by Gasteiger charge is -2.08. The van der Waals surface area contributed by atoms with Crippen molar-refractivity contribution in [3.05, 3.63) is 72.2 Å². The number of hydrogen-bond acceptors (Lipinski definition) is 2. The fraction of sp³-hybridized carbons (Fsp3) is 0.0833. The number of hydrogen-bond donors (Lipinski definition) is 0. The molecule has 0 bridgehead atoms. The molecule has 0 radical (unpaired) electrons. The predicted octanol–water partition coefficient (Wildman–Crippen LogP) is 8.68. The first kappa shape index (κ1) is 19.0. The number of alkyl halides is 6. The van der Waals surface area contributed by atoms with E-state index >= 15 is 0 Å². The fourth-order valence-electron chi connectivity index (χ4n) is 4.22. The van der Waals surface area contributed by atoms with Crippen LogP contribution in [0.4, 0.5) is 26.3 Å². The second-order valence-electron chi connectivity index (χ2n) is 7.67. The average Bonchev–Trinajstić information content (AvgIpc) is 3.33. The van der Waals surface area contributed by atoms with E-state index in [4.69, 9.17) is 8.83 Å². The minimum atomic E-state index is -4.59. The maximum atomic E-state index is 13.0. The van der Waals surface area contributed by atoms with Crippen molar-refractivity contribution in [2.24, 2.45) is 0 Å². The Hall–Kier alpha value is -3.68. The van der Waals surface area contributed by atoms with Gasteiger partial charge in [0.25, 0.3) is 0 Å². The molecule has 0 amide bonds. The highest BCUT2D eigenvalue weighted by molar-refractivity contribution is 6.20. The molecular weight excluding hydrogens is 434 g/mol. The van der Waals surface area contributed by atoms with Crippen LogP contribution in [0.3, 0.4) is 0 Å². The van der Waals surface area contributed by atoms with E-state index in [1.54, 1.807) is 48.5 Å². The van der Waals surface area contributed by atoms with E-state index in [-0.39, 0.29) is 11.2 Å². The Morgan fingerprint density at radius 2 is 0.844 bits per heavy atom. The summed E-state index contributed by atoms with van der Waals surface area (Å²) in [6.45, 7) is 0. The van der Waals surface area contributed by atoms with Crippen LogP contribution >= 0.6 is 0 Å². The van der Waals surface area contributed by atoms with Crippen LogP contribution in [0, 0.1) is 0 Å². The molecule has 6 rings (SSSR count). The second-order valence-corrected chi connectivity index (χ2v) is 7.67. The highest BCUT2D eigenvalue weighted by atomic mass is 19.4. The molecule has 0 unspecified atom stereocenters. The largest absolute Gasteiger partial charge is 0.451 e. The van der Waals surface area contributed by atoms with Crippen LogP contribution in [0.5, 0.6) is 0 Å². The molecule has 0 fully saturated rings. The van der Waals surface area contributed by atoms with Gasteiger partial charge in [-0.25, -0.2) is 0 Å². The molecule has 0 saturated carbocycles. The molecule has 2 heterocycles. The smallest absolute Gasteiger partial charge is 0.449 e. The Bertz CT molecular complexity index is 1570. The fourth-order valence-corrected chi connectivity index (χ4v) is 4.22. The van der Waals surface area contributed by atoms with Crippen molar-refractivity contribution >= 4 is 54.3 Å². The monoisotopic (exact) mass is 444 g/mol. The molecule has 2 aromatic heterocycles. The summed E-state index contributed by atoms with van der Waals surface area (Å²) in [6, 6.07) is 15.4. The second kappa shape index (κ2) is 5.97. The topological polar surface area (TPSA) is 26.3 Å². The highest BCUT2D eigenvalue weighted by Gasteiger charge is 2.36. The SMILES string of the molecule is FC(F)(F)c1cc2cc3c(ccc4c5cc6cc(C(F)(F)F)oc6cc5ccc34)cc2o1. The van der Waals surface area contributed by atoms with E-state index in [1.165, 1.54) is 0 Å². The van der Waals surface area contributed by atoms with Crippen LogP contribution in [0.1, 0.15) is 11.5 Å². The van der Waals surface area contributed by atoms with Crippen LogP contribution in [0.2, 0.25) is 0 Å². The normalized spacial score (nSPS) is 13.3. The molecule has 0 atom stereocenters. The zero-order valence-electron chi connectivity index (χ0n) is 15.9. The number of halogens is 6. The first-order valence-electron chi connectivity index (χ1n) is 9.49. The van der Waals surface area contributed by atoms with Crippen molar-refractivity contribution < 1.29 is 35.2 Å². The minimum absolute atomic E-state index is 0.129. The molecule has 0 aliphatic heterocycles. The van der Waals surface area contributed by atoms with Crippen LogP contribution in [0.25, 0.3) is 54.3 Å². The van der Waals surface area contributed by atoms with Crippen LogP contribution in [0.15, 0.2) is 69.5 Å². The Morgan fingerprint density at radius 3 is 1.22 bits per heavy atom. The van der Waals surface area contributed by atoms with Crippen molar-refractivity contribution in [3.8, 4) is 0 Å². The lowest BCUT2D eigenvalue weighted by Crippen LogP contribution is -2.01. The van der Waals surface area contributed by atoms with E-state index in [9.17, 15) is 26.3 Å². The predicted molar refractivity (Wildman–Crippen MR) is 109 cm³/mol. The Kier molecular flexibility index (Phi) is 3.55. The van der Waals surface area contributed by atoms with E-state index < -0.39 is 23.9 Å². The maximum Gasteiger partial charge on any atom is 0.449 e. The van der Waals surface area contributed by atoms with Gasteiger partial charge in [0, 0.05) is 10.8 Å². The summed E-state index contributed by atoms with van der Waals surface area (Å²) in [5.74, 6) is -2.14. The molecule has 0 spiro atoms. The third-order valence-corrected chi connectivity index (χ3v) is 5.67. The number of fused-ring (bicyclic) bond motifs is 7. The lowest BCUT2D eigenvalue weighted by molar-refractivity contribution is -0.152. The summed E-state index contributed by atoms with van der Waals surface area (Å²) in [7, 11) is 0. The van der Waals surface area contributed by atoms with Crippen molar-refractivity contribution in [2.45, 2.75) is 12.4 Å². The van der Waals surface area contributed by atoms with Gasteiger partial charge in [-0.2, -0.15) is 26.3 Å². The van der Waals surface area contributed by atoms with Crippen LogP contribution in [-0.4, -0.2) is 0 Å². The zero-order valence-corrected chi connectivity index (χ0v) is 15.9. The molecule has 4 aromatic carbocycles. The summed E-state index contributed by atoms with van der Waals surface area (Å²) in [4.78, 5) is 0. The highest BCUT2D eigenvalue weighted by Crippen LogP contribution is 2.40. The molecule has 160 valence electrons. The summed E-state index contributed by atoms with van der Waals surface area (Å²) < 4.78 is 88.2. The van der Waals surface area contributed by atoms with Crippen molar-refractivity contribution in [2.75, 3.05) is 0 Å². The molecule has 0 aliphatic carbocycles. The van der Waals surface area contributed by atoms with Crippen LogP contribution in [-0.2, 0) is 12.4 Å². The number of rotatable bonds is 0. The summed E-state index contributed by atoms with van der Waals surface area (Å²) in [5.41, 5.74) is 0.259. The van der Waals surface area contributed by atoms with Crippen molar-refractivity contribution in [1.29, 1.82) is 0 Å². The summed E-state index contributed by atoms with van der Waals surface area (Å²) in [5, 5.41) is 4.99. The molecule has 0 N–H and O–H groups in total. The van der Waals surface area contributed by atoms with Gasteiger partial charge in [-0.15, -0.1) is 0 Å². The molecule has 0 aliphatic rings. The molecule has 2 nitrogen and oxygen atoms in total. The Morgan fingerprint density at radius 1 is 0.438 bits per heavy atom. The third-order valence-electron chi connectivity index (χ3n) is 5.67. The summed E-state index contributed by atoms with van der Waals surface area (Å²) in [6.07, 6.45) is -9.18. The summed E-state index contributed by atoms with van der Waals surface area (Å²) >= 11 is 0. The Labute approximate surface area is 174 Å². The van der Waals surface area contributed by atoms with Crippen molar-refractivity contribution in [1.82, 2.24) is 0 Å². The quantitative estimate of drug-likeness (QED) is 0.173. The Balaban J connectivity index is 1.64. The molecule has 32 heavy (non-hydrogen) atoms. The van der Waals surface area contributed by atoms with Gasteiger partial charge >= 0.3 is 12.4 Å². The molecular formula is C24H10F6O2. The lowest BCUT2D eigenvalue weighted by atomic mass is 9.96. The van der Waals surface area contributed by atoms with Gasteiger partial charge in [0.05, 0.1) is 0 Å². The van der Waals surface area contributed by atoms with Gasteiger partial charge in [0.15, 0.2) is 0 Å². The van der Waals surface area contributed by atoms with Crippen molar-refractivity contribution in [3.63, 3.8) is 0 Å². The first-order chi connectivity index (χ1) is 15.1. The van der Waals surface area contributed by atoms with E-state index in [1.807, 2.05) is 0 Å². The molecule has 6 aromatic rings. The number of furan rings is 2. The van der Waals surface area contributed by atoms with E-state index in [2.05, 4.69) is 0 Å². The van der Waals surface area contributed by atoms with Gasteiger partial charge in [0.2, 0.25) is 11.5 Å². The van der Waals surface area contributed by atoms with Gasteiger partial charge in [-0.3, -0.25) is 0 Å².